The molecule has 3 heterocycles. The topological polar surface area (TPSA) is 36.0 Å². The van der Waals surface area contributed by atoms with Gasteiger partial charge in [-0.1, -0.05) is 48.5 Å². The number of nitrogens with zero attached hydrogens (tertiary/aromatic N) is 3. The Labute approximate surface area is 204 Å². The first-order chi connectivity index (χ1) is 16.6. The molecule has 2 aromatic rings. The number of likely N-dealkylation sites (N-methyl/N-ethyl adjacent to an activating group) is 1. The lowest BCUT2D eigenvalue weighted by Crippen LogP contribution is -2.43. The van der Waals surface area contributed by atoms with E-state index in [9.17, 15) is 4.79 Å². The number of para-hydroxylation sites is 1. The van der Waals surface area contributed by atoms with Gasteiger partial charge in [-0.25, -0.2) is 0 Å². The number of amides is 1. The SMILES string of the molecule is CN1C(=O)C2(CCN(Cc3ccccc3OCCN3CCCC3)CC2)C[C@H]1Cc1ccccc1. The Balaban J connectivity index is 1.15. The van der Waals surface area contributed by atoms with Crippen molar-refractivity contribution in [3.8, 4) is 5.75 Å². The molecule has 3 saturated heterocycles. The van der Waals surface area contributed by atoms with Crippen molar-refractivity contribution < 1.29 is 9.53 Å². The molecule has 0 bridgehead atoms. The second-order valence-electron chi connectivity index (χ2n) is 10.5. The van der Waals surface area contributed by atoms with Crippen molar-refractivity contribution in [1.29, 1.82) is 0 Å². The smallest absolute Gasteiger partial charge is 0.228 e. The largest absolute Gasteiger partial charge is 0.492 e. The van der Waals surface area contributed by atoms with Crippen molar-refractivity contribution in [2.24, 2.45) is 5.41 Å². The summed E-state index contributed by atoms with van der Waals surface area (Å²) in [5, 5.41) is 0. The highest BCUT2D eigenvalue weighted by atomic mass is 16.5. The van der Waals surface area contributed by atoms with E-state index in [0.29, 0.717) is 11.9 Å². The van der Waals surface area contributed by atoms with Crippen LogP contribution in [-0.4, -0.2) is 73.0 Å². The van der Waals surface area contributed by atoms with Crippen LogP contribution in [-0.2, 0) is 17.8 Å². The maximum absolute atomic E-state index is 13.3. The zero-order chi connectivity index (χ0) is 23.4. The highest BCUT2D eigenvalue weighted by molar-refractivity contribution is 5.85. The minimum Gasteiger partial charge on any atom is -0.492 e. The number of ether oxygens (including phenoxy) is 1. The minimum atomic E-state index is -0.170. The predicted molar refractivity (Wildman–Crippen MR) is 136 cm³/mol. The van der Waals surface area contributed by atoms with Crippen LogP contribution in [0.3, 0.4) is 0 Å². The summed E-state index contributed by atoms with van der Waals surface area (Å²) < 4.78 is 6.21. The van der Waals surface area contributed by atoms with Gasteiger partial charge in [0.25, 0.3) is 0 Å². The Bertz CT molecular complexity index is 949. The Morgan fingerprint density at radius 3 is 2.38 bits per heavy atom. The van der Waals surface area contributed by atoms with Gasteiger partial charge in [-0.05, 0) is 76.3 Å². The van der Waals surface area contributed by atoms with Crippen molar-refractivity contribution >= 4 is 5.91 Å². The van der Waals surface area contributed by atoms with E-state index in [1.807, 2.05) is 11.9 Å². The number of likely N-dealkylation sites (tertiary alicyclic amines) is 3. The van der Waals surface area contributed by atoms with E-state index in [1.54, 1.807) is 0 Å². The number of hydrogen-bond acceptors (Lipinski definition) is 4. The average molecular weight is 462 g/mol. The van der Waals surface area contributed by atoms with Gasteiger partial charge < -0.3 is 9.64 Å². The van der Waals surface area contributed by atoms with Crippen LogP contribution in [0.5, 0.6) is 5.75 Å². The van der Waals surface area contributed by atoms with E-state index in [2.05, 4.69) is 64.4 Å². The third kappa shape index (κ3) is 5.16. The Hall–Kier alpha value is -2.37. The first-order valence-electron chi connectivity index (χ1n) is 13.1. The molecule has 5 rings (SSSR count). The molecule has 1 amide bonds. The van der Waals surface area contributed by atoms with Crippen molar-refractivity contribution in [3.63, 3.8) is 0 Å². The fraction of sp³-hybridized carbons (Fsp3) is 0.552. The normalized spacial score (nSPS) is 23.1. The molecule has 0 unspecified atom stereocenters. The molecule has 5 heteroatoms. The quantitative estimate of drug-likeness (QED) is 0.590. The minimum absolute atomic E-state index is 0.170. The summed E-state index contributed by atoms with van der Waals surface area (Å²) in [6.07, 6.45) is 6.49. The van der Waals surface area contributed by atoms with Crippen LogP contribution in [0.25, 0.3) is 0 Å². The average Bonchev–Trinajstić information content (AvgIpc) is 3.46. The molecule has 3 aliphatic heterocycles. The van der Waals surface area contributed by atoms with E-state index < -0.39 is 0 Å². The number of rotatable bonds is 8. The fourth-order valence-corrected chi connectivity index (χ4v) is 6.17. The van der Waals surface area contributed by atoms with Crippen LogP contribution in [0.15, 0.2) is 54.6 Å². The van der Waals surface area contributed by atoms with Crippen LogP contribution in [0.2, 0.25) is 0 Å². The molecule has 0 radical (unpaired) electrons. The van der Waals surface area contributed by atoms with Gasteiger partial charge in [0.1, 0.15) is 12.4 Å². The van der Waals surface area contributed by atoms with Gasteiger partial charge in [-0.3, -0.25) is 14.6 Å². The highest BCUT2D eigenvalue weighted by Gasteiger charge is 2.51. The summed E-state index contributed by atoms with van der Waals surface area (Å²) in [6, 6.07) is 19.4. The lowest BCUT2D eigenvalue weighted by atomic mass is 9.75. The van der Waals surface area contributed by atoms with E-state index >= 15 is 0 Å². The second kappa shape index (κ2) is 10.5. The molecule has 182 valence electrons. The molecular formula is C29H39N3O2. The first kappa shape index (κ1) is 23.4. The Morgan fingerprint density at radius 1 is 0.912 bits per heavy atom. The fourth-order valence-electron chi connectivity index (χ4n) is 6.17. The number of carbonyl (C=O) groups is 1. The standard InChI is InChI=1S/C29H39N3O2/c1-30-26(21-24-9-3-2-4-10-24)22-29(28(30)33)13-17-32(18-14-29)23-25-11-5-6-12-27(25)34-20-19-31-15-7-8-16-31/h2-6,9-12,26H,7-8,13-23H2,1H3/t26-/m1/s1. The van der Waals surface area contributed by atoms with Gasteiger partial charge in [0.05, 0.1) is 5.41 Å². The van der Waals surface area contributed by atoms with Gasteiger partial charge in [-0.15, -0.1) is 0 Å². The van der Waals surface area contributed by atoms with Gasteiger partial charge in [0.15, 0.2) is 0 Å². The molecule has 0 N–H and O–H groups in total. The number of piperidine rings is 1. The van der Waals surface area contributed by atoms with Gasteiger partial charge in [0, 0.05) is 31.7 Å². The molecule has 1 atom stereocenters. The molecule has 0 aliphatic carbocycles. The third-order valence-electron chi connectivity index (χ3n) is 8.31. The van der Waals surface area contributed by atoms with Crippen LogP contribution >= 0.6 is 0 Å². The predicted octanol–water partition coefficient (Wildman–Crippen LogP) is 4.22. The van der Waals surface area contributed by atoms with Crippen LogP contribution in [0.1, 0.15) is 43.2 Å². The van der Waals surface area contributed by atoms with E-state index in [1.165, 1.54) is 37.1 Å². The third-order valence-corrected chi connectivity index (χ3v) is 8.31. The number of carbonyl (C=O) groups excluding carboxylic acids is 1. The maximum atomic E-state index is 13.3. The van der Waals surface area contributed by atoms with Crippen molar-refractivity contribution in [2.45, 2.75) is 51.1 Å². The summed E-state index contributed by atoms with van der Waals surface area (Å²) in [5.41, 5.74) is 2.41. The Kier molecular flexibility index (Phi) is 7.21. The van der Waals surface area contributed by atoms with Gasteiger partial charge in [0.2, 0.25) is 5.91 Å². The van der Waals surface area contributed by atoms with Crippen LogP contribution < -0.4 is 4.74 Å². The first-order valence-corrected chi connectivity index (χ1v) is 13.1. The molecule has 3 aliphatic rings. The summed E-state index contributed by atoms with van der Waals surface area (Å²) in [6.45, 7) is 7.03. The summed E-state index contributed by atoms with van der Waals surface area (Å²) in [4.78, 5) is 20.3. The van der Waals surface area contributed by atoms with Gasteiger partial charge in [-0.2, -0.15) is 0 Å². The van der Waals surface area contributed by atoms with Crippen molar-refractivity contribution in [3.05, 3.63) is 65.7 Å². The van der Waals surface area contributed by atoms with Crippen LogP contribution in [0.4, 0.5) is 0 Å². The molecule has 1 spiro atoms. The molecule has 0 saturated carbocycles. The molecule has 3 fully saturated rings. The molecule has 34 heavy (non-hydrogen) atoms. The van der Waals surface area contributed by atoms with Crippen molar-refractivity contribution in [1.82, 2.24) is 14.7 Å². The maximum Gasteiger partial charge on any atom is 0.228 e. The highest BCUT2D eigenvalue weighted by Crippen LogP contribution is 2.45. The van der Waals surface area contributed by atoms with E-state index in [4.69, 9.17) is 4.74 Å². The molecule has 2 aromatic carbocycles. The molecule has 0 aromatic heterocycles. The van der Waals surface area contributed by atoms with Crippen molar-refractivity contribution in [2.75, 3.05) is 46.4 Å². The van der Waals surface area contributed by atoms with E-state index in [0.717, 1.165) is 64.2 Å². The molecular weight excluding hydrogens is 422 g/mol. The summed E-state index contributed by atoms with van der Waals surface area (Å²) >= 11 is 0. The number of benzene rings is 2. The Morgan fingerprint density at radius 2 is 1.62 bits per heavy atom. The summed E-state index contributed by atoms with van der Waals surface area (Å²) in [7, 11) is 2.01. The lowest BCUT2D eigenvalue weighted by molar-refractivity contribution is -0.137. The van der Waals surface area contributed by atoms with E-state index in [-0.39, 0.29) is 5.41 Å². The zero-order valence-corrected chi connectivity index (χ0v) is 20.6. The zero-order valence-electron chi connectivity index (χ0n) is 20.6. The lowest BCUT2D eigenvalue weighted by Gasteiger charge is -2.38. The summed E-state index contributed by atoms with van der Waals surface area (Å²) in [5.74, 6) is 1.38. The molecule has 5 nitrogen and oxygen atoms in total. The van der Waals surface area contributed by atoms with Crippen LogP contribution in [0, 0.1) is 5.41 Å². The van der Waals surface area contributed by atoms with Gasteiger partial charge >= 0.3 is 0 Å². The number of hydrogen-bond donors (Lipinski definition) is 0. The monoisotopic (exact) mass is 461 g/mol. The second-order valence-corrected chi connectivity index (χ2v) is 10.5.